The largest absolute Gasteiger partial charge is 0.376 e. The van der Waals surface area contributed by atoms with Crippen LogP contribution in [-0.2, 0) is 9.53 Å². The maximum atomic E-state index is 12.9. The lowest BCUT2D eigenvalue weighted by Crippen LogP contribution is -2.41. The molecule has 29 heavy (non-hydrogen) atoms. The smallest absolute Gasteiger partial charge is 0.256 e. The molecule has 2 amide bonds. The highest BCUT2D eigenvalue weighted by molar-refractivity contribution is 6.35. The molecule has 2 atom stereocenters. The number of aromatic nitrogens is 1. The molecule has 4 rings (SSSR count). The quantitative estimate of drug-likeness (QED) is 0.692. The van der Waals surface area contributed by atoms with Gasteiger partial charge in [0.1, 0.15) is 0 Å². The number of fused-ring (bicyclic) bond motifs is 1. The minimum Gasteiger partial charge on any atom is -0.376 e. The van der Waals surface area contributed by atoms with Crippen LogP contribution in [0, 0.1) is 20.8 Å². The van der Waals surface area contributed by atoms with Crippen molar-refractivity contribution in [2.24, 2.45) is 0 Å². The minimum atomic E-state index is -0.129. The summed E-state index contributed by atoms with van der Waals surface area (Å²) in [4.78, 5) is 28.7. The molecule has 6 heteroatoms. The Bertz CT molecular complexity index is 1010. The highest BCUT2D eigenvalue weighted by atomic mass is 16.5. The number of nitrogens with one attached hydrogen (secondary N) is 3. The Morgan fingerprint density at radius 3 is 2.83 bits per heavy atom. The number of benzene rings is 1. The molecule has 1 saturated heterocycles. The van der Waals surface area contributed by atoms with Crippen LogP contribution in [0.5, 0.6) is 0 Å². The van der Waals surface area contributed by atoms with Gasteiger partial charge in [-0.3, -0.25) is 9.59 Å². The van der Waals surface area contributed by atoms with Gasteiger partial charge in [0.2, 0.25) is 0 Å². The fraction of sp³-hybridized carbons (Fsp3) is 0.391. The molecule has 2 aromatic rings. The van der Waals surface area contributed by atoms with E-state index in [9.17, 15) is 9.59 Å². The highest BCUT2D eigenvalue weighted by Gasteiger charge is 2.28. The number of carbonyl (C=O) groups is 2. The summed E-state index contributed by atoms with van der Waals surface area (Å²) in [6.45, 7) is 8.53. The molecule has 1 aromatic carbocycles. The third-order valence-corrected chi connectivity index (χ3v) is 5.83. The zero-order chi connectivity index (χ0) is 20.7. The number of ether oxygens (including phenoxy) is 1. The third kappa shape index (κ3) is 3.60. The summed E-state index contributed by atoms with van der Waals surface area (Å²) in [7, 11) is 0. The topological polar surface area (TPSA) is 83.2 Å². The SMILES string of the molecule is Cc1ccc2c(c1)/C(=C/c1[nH]c(C)c(C(=O)NC(C)C3CCCO3)c1C)C(=O)N2. The van der Waals surface area contributed by atoms with Crippen LogP contribution in [0.25, 0.3) is 11.6 Å². The van der Waals surface area contributed by atoms with Crippen molar-refractivity contribution in [3.63, 3.8) is 0 Å². The van der Waals surface area contributed by atoms with E-state index in [1.165, 1.54) is 0 Å². The molecule has 6 nitrogen and oxygen atoms in total. The van der Waals surface area contributed by atoms with Crippen molar-refractivity contribution in [3.05, 3.63) is 51.8 Å². The van der Waals surface area contributed by atoms with Gasteiger partial charge in [0.15, 0.2) is 0 Å². The van der Waals surface area contributed by atoms with Gasteiger partial charge in [-0.25, -0.2) is 0 Å². The normalized spacial score (nSPS) is 20.6. The van der Waals surface area contributed by atoms with Gasteiger partial charge in [-0.15, -0.1) is 0 Å². The number of hydrogen-bond acceptors (Lipinski definition) is 3. The second-order valence-corrected chi connectivity index (χ2v) is 8.04. The Balaban J connectivity index is 1.63. The number of hydrogen-bond donors (Lipinski definition) is 3. The van der Waals surface area contributed by atoms with Crippen LogP contribution in [0.15, 0.2) is 18.2 Å². The van der Waals surface area contributed by atoms with Gasteiger partial charge in [0.25, 0.3) is 11.8 Å². The molecule has 2 aliphatic rings. The third-order valence-electron chi connectivity index (χ3n) is 5.83. The maximum Gasteiger partial charge on any atom is 0.256 e. The van der Waals surface area contributed by atoms with Crippen LogP contribution in [0.4, 0.5) is 5.69 Å². The summed E-state index contributed by atoms with van der Waals surface area (Å²) in [5, 5.41) is 5.98. The minimum absolute atomic E-state index is 0.0454. The van der Waals surface area contributed by atoms with E-state index < -0.39 is 0 Å². The molecule has 1 fully saturated rings. The Morgan fingerprint density at radius 1 is 1.31 bits per heavy atom. The van der Waals surface area contributed by atoms with Gasteiger partial charge < -0.3 is 20.4 Å². The van der Waals surface area contributed by atoms with E-state index in [0.29, 0.717) is 11.1 Å². The van der Waals surface area contributed by atoms with Crippen molar-refractivity contribution in [2.45, 2.75) is 52.7 Å². The van der Waals surface area contributed by atoms with Crippen LogP contribution >= 0.6 is 0 Å². The molecule has 2 aliphatic heterocycles. The van der Waals surface area contributed by atoms with Crippen molar-refractivity contribution in [3.8, 4) is 0 Å². The number of carbonyl (C=O) groups excluding carboxylic acids is 2. The second kappa shape index (κ2) is 7.52. The van der Waals surface area contributed by atoms with Crippen LogP contribution in [-0.4, -0.2) is 35.6 Å². The van der Waals surface area contributed by atoms with E-state index in [1.54, 1.807) is 0 Å². The van der Waals surface area contributed by atoms with Crippen molar-refractivity contribution in [1.82, 2.24) is 10.3 Å². The van der Waals surface area contributed by atoms with Crippen molar-refractivity contribution in [1.29, 1.82) is 0 Å². The zero-order valence-corrected chi connectivity index (χ0v) is 17.3. The molecule has 152 valence electrons. The van der Waals surface area contributed by atoms with Crippen LogP contribution in [0.2, 0.25) is 0 Å². The summed E-state index contributed by atoms with van der Waals surface area (Å²) in [5.74, 6) is -0.244. The van der Waals surface area contributed by atoms with E-state index in [2.05, 4.69) is 15.6 Å². The Labute approximate surface area is 170 Å². The molecular formula is C23H27N3O3. The summed E-state index contributed by atoms with van der Waals surface area (Å²) in [6, 6.07) is 5.85. The monoisotopic (exact) mass is 393 g/mol. The number of anilines is 1. The molecule has 0 spiro atoms. The zero-order valence-electron chi connectivity index (χ0n) is 17.3. The Kier molecular flexibility index (Phi) is 5.04. The average Bonchev–Trinajstić information content (AvgIpc) is 3.36. The Hall–Kier alpha value is -2.86. The van der Waals surface area contributed by atoms with E-state index in [1.807, 2.05) is 52.0 Å². The van der Waals surface area contributed by atoms with Gasteiger partial charge in [0.05, 0.1) is 23.3 Å². The first kappa shape index (κ1) is 19.5. The lowest BCUT2D eigenvalue weighted by molar-refractivity contribution is -0.110. The average molecular weight is 393 g/mol. The van der Waals surface area contributed by atoms with Gasteiger partial charge >= 0.3 is 0 Å². The van der Waals surface area contributed by atoms with E-state index in [-0.39, 0.29) is 24.0 Å². The fourth-order valence-electron chi connectivity index (χ4n) is 4.22. The number of amides is 2. The molecule has 0 radical (unpaired) electrons. The second-order valence-electron chi connectivity index (χ2n) is 8.04. The van der Waals surface area contributed by atoms with E-state index in [4.69, 9.17) is 4.74 Å². The summed E-state index contributed by atoms with van der Waals surface area (Å²) < 4.78 is 5.68. The molecule has 1 aromatic heterocycles. The number of aromatic amines is 1. The fourth-order valence-corrected chi connectivity index (χ4v) is 4.22. The molecule has 0 saturated carbocycles. The maximum absolute atomic E-state index is 12.9. The molecule has 0 bridgehead atoms. The predicted molar refractivity (Wildman–Crippen MR) is 114 cm³/mol. The lowest BCUT2D eigenvalue weighted by atomic mass is 10.0. The molecule has 2 unspecified atom stereocenters. The van der Waals surface area contributed by atoms with Crippen LogP contribution in [0.3, 0.4) is 0 Å². The van der Waals surface area contributed by atoms with Gasteiger partial charge in [-0.1, -0.05) is 11.6 Å². The first-order valence-electron chi connectivity index (χ1n) is 10.1. The predicted octanol–water partition coefficient (Wildman–Crippen LogP) is 3.73. The van der Waals surface area contributed by atoms with Gasteiger partial charge in [0, 0.05) is 29.2 Å². The number of aryl methyl sites for hydroxylation is 2. The standard InChI is InChI=1S/C23H27N3O3/c1-12-7-8-18-16(10-12)17(22(27)26-18)11-19-13(2)21(15(4)24-19)23(28)25-14(3)20-6-5-9-29-20/h7-8,10-11,14,20,24H,5-6,9H2,1-4H3,(H,25,28)(H,26,27)/b17-11-. The highest BCUT2D eigenvalue weighted by Crippen LogP contribution is 2.34. The molecule has 3 N–H and O–H groups in total. The van der Waals surface area contributed by atoms with Crippen LogP contribution < -0.4 is 10.6 Å². The molecular weight excluding hydrogens is 366 g/mol. The summed E-state index contributed by atoms with van der Waals surface area (Å²) >= 11 is 0. The Morgan fingerprint density at radius 2 is 2.10 bits per heavy atom. The van der Waals surface area contributed by atoms with Gasteiger partial charge in [-0.05, 0) is 64.3 Å². The molecule has 0 aliphatic carbocycles. The first-order valence-corrected chi connectivity index (χ1v) is 10.1. The van der Waals surface area contributed by atoms with Crippen molar-refractivity contribution in [2.75, 3.05) is 11.9 Å². The van der Waals surface area contributed by atoms with Crippen LogP contribution in [0.1, 0.15) is 58.2 Å². The lowest BCUT2D eigenvalue weighted by Gasteiger charge is -2.20. The van der Waals surface area contributed by atoms with E-state index in [0.717, 1.165) is 53.2 Å². The van der Waals surface area contributed by atoms with E-state index >= 15 is 0 Å². The first-order chi connectivity index (χ1) is 13.8. The number of rotatable bonds is 4. The van der Waals surface area contributed by atoms with Crippen molar-refractivity contribution < 1.29 is 14.3 Å². The number of H-pyrrole nitrogens is 1. The summed E-state index contributed by atoms with van der Waals surface area (Å²) in [6.07, 6.45) is 3.91. The van der Waals surface area contributed by atoms with Crippen molar-refractivity contribution >= 4 is 29.2 Å². The molecule has 3 heterocycles. The summed E-state index contributed by atoms with van der Waals surface area (Å²) in [5.41, 5.74) is 6.42. The van der Waals surface area contributed by atoms with Gasteiger partial charge in [-0.2, -0.15) is 0 Å².